The first kappa shape index (κ1) is 24.1. The van der Waals surface area contributed by atoms with E-state index in [-0.39, 0.29) is 24.7 Å². The van der Waals surface area contributed by atoms with Gasteiger partial charge in [-0.25, -0.2) is 0 Å². The molecule has 0 N–H and O–H groups in total. The maximum absolute atomic E-state index is 12.7. The zero-order chi connectivity index (χ0) is 20.2. The Labute approximate surface area is 155 Å². The van der Waals surface area contributed by atoms with Crippen LogP contribution in [0.5, 0.6) is 0 Å². The molecule has 0 saturated heterocycles. The van der Waals surface area contributed by atoms with Gasteiger partial charge in [-0.05, 0) is 45.7 Å². The summed E-state index contributed by atoms with van der Waals surface area (Å²) in [5.41, 5.74) is 0. The largest absolute Gasteiger partial charge is 0.520 e. The van der Waals surface area contributed by atoms with Crippen molar-refractivity contribution in [1.82, 2.24) is 4.57 Å². The molecule has 0 heterocycles. The first-order valence-corrected chi connectivity index (χ1v) is 18.9. The monoisotopic (exact) mass is 405 g/mol. The van der Waals surface area contributed by atoms with E-state index in [9.17, 15) is 14.4 Å². The van der Waals surface area contributed by atoms with Gasteiger partial charge >= 0.3 is 5.97 Å². The molecule has 9 heteroatoms. The van der Waals surface area contributed by atoms with Crippen molar-refractivity contribution in [3.05, 3.63) is 0 Å². The van der Waals surface area contributed by atoms with Crippen LogP contribution in [0.25, 0.3) is 0 Å². The van der Waals surface area contributed by atoms with Gasteiger partial charge in [0, 0.05) is 13.3 Å². The third kappa shape index (κ3) is 9.95. The van der Waals surface area contributed by atoms with Crippen LogP contribution in [0.4, 0.5) is 0 Å². The summed E-state index contributed by atoms with van der Waals surface area (Å²) in [5, 5.41) is 0. The van der Waals surface area contributed by atoms with E-state index < -0.39 is 36.9 Å². The molecule has 0 aliphatic heterocycles. The third-order valence-electron chi connectivity index (χ3n) is 3.09. The number of hydrogen-bond acceptors (Lipinski definition) is 5. The SMILES string of the molecule is CC(=O)N(C(CCC(=O)O[Si](C)(C)C)C(=O)O[Si](C)(C)C)[Si](C)(C)C. The van der Waals surface area contributed by atoms with Gasteiger partial charge < -0.3 is 13.4 Å². The molecule has 0 aliphatic carbocycles. The molecule has 0 saturated carbocycles. The standard InChI is InChI=1S/C16H35NO5Si3/c1-13(18)17(23(2,3)4)14(16(20)22-25(8,9)10)11-12-15(19)21-24(5,6)7/h14H,11-12H2,1-10H3. The van der Waals surface area contributed by atoms with E-state index in [1.165, 1.54) is 6.92 Å². The molecule has 0 aromatic carbocycles. The van der Waals surface area contributed by atoms with Crippen LogP contribution in [0.3, 0.4) is 0 Å². The van der Waals surface area contributed by atoms with Gasteiger partial charge in [0.2, 0.25) is 22.5 Å². The zero-order valence-corrected chi connectivity index (χ0v) is 20.5. The van der Waals surface area contributed by atoms with Gasteiger partial charge in [0.15, 0.2) is 8.24 Å². The van der Waals surface area contributed by atoms with Crippen molar-refractivity contribution in [3.8, 4) is 0 Å². The van der Waals surface area contributed by atoms with Gasteiger partial charge in [-0.1, -0.05) is 19.6 Å². The Bertz CT molecular complexity index is 503. The van der Waals surface area contributed by atoms with Crippen LogP contribution in [0.2, 0.25) is 58.9 Å². The van der Waals surface area contributed by atoms with Crippen LogP contribution in [-0.4, -0.2) is 53.3 Å². The molecule has 0 aromatic heterocycles. The molecular formula is C16H35NO5Si3. The van der Waals surface area contributed by atoms with Gasteiger partial charge in [0.1, 0.15) is 6.04 Å². The molecule has 1 unspecified atom stereocenters. The summed E-state index contributed by atoms with van der Waals surface area (Å²) in [6.07, 6.45) is 0.334. The maximum Gasteiger partial charge on any atom is 0.314 e. The van der Waals surface area contributed by atoms with E-state index in [1.807, 2.05) is 58.9 Å². The Morgan fingerprint density at radius 3 is 1.60 bits per heavy atom. The van der Waals surface area contributed by atoms with Gasteiger partial charge in [-0.3, -0.25) is 14.4 Å². The van der Waals surface area contributed by atoms with E-state index in [0.29, 0.717) is 0 Å². The van der Waals surface area contributed by atoms with Crippen LogP contribution < -0.4 is 0 Å². The van der Waals surface area contributed by atoms with E-state index >= 15 is 0 Å². The number of carbonyl (C=O) groups is 3. The quantitative estimate of drug-likeness (QED) is 0.577. The second-order valence-electron chi connectivity index (χ2n) is 9.23. The average Bonchev–Trinajstić information content (AvgIpc) is 2.26. The Hall–Kier alpha value is -0.939. The lowest BCUT2D eigenvalue weighted by atomic mass is 10.1. The second-order valence-corrected chi connectivity index (χ2v) is 22.9. The molecule has 0 aliphatic rings. The van der Waals surface area contributed by atoms with Crippen LogP contribution in [0.15, 0.2) is 0 Å². The Morgan fingerprint density at radius 2 is 1.28 bits per heavy atom. The highest BCUT2D eigenvalue weighted by molar-refractivity contribution is 6.76. The number of amides is 1. The lowest BCUT2D eigenvalue weighted by Gasteiger charge is -2.40. The van der Waals surface area contributed by atoms with Crippen LogP contribution in [0, 0.1) is 0 Å². The summed E-state index contributed by atoms with van der Waals surface area (Å²) in [6.45, 7) is 19.1. The molecule has 0 radical (unpaired) electrons. The first-order valence-electron chi connectivity index (χ1n) is 8.68. The van der Waals surface area contributed by atoms with Crippen molar-refractivity contribution in [2.45, 2.75) is 84.7 Å². The van der Waals surface area contributed by atoms with Crippen molar-refractivity contribution in [1.29, 1.82) is 0 Å². The fourth-order valence-electron chi connectivity index (χ4n) is 2.53. The molecule has 25 heavy (non-hydrogen) atoms. The first-order chi connectivity index (χ1) is 10.9. The van der Waals surface area contributed by atoms with Crippen LogP contribution in [0.1, 0.15) is 19.8 Å². The predicted octanol–water partition coefficient (Wildman–Crippen LogP) is 3.57. The fourth-order valence-corrected chi connectivity index (χ4v) is 6.17. The lowest BCUT2D eigenvalue weighted by Crippen LogP contribution is -2.58. The molecule has 0 fully saturated rings. The van der Waals surface area contributed by atoms with E-state index in [0.717, 1.165) is 0 Å². The second kappa shape index (κ2) is 8.63. The fraction of sp³-hybridized carbons (Fsp3) is 0.812. The smallest absolute Gasteiger partial charge is 0.314 e. The Balaban J connectivity index is 5.43. The van der Waals surface area contributed by atoms with Gasteiger partial charge in [-0.2, -0.15) is 0 Å². The van der Waals surface area contributed by atoms with Crippen LogP contribution in [-0.2, 0) is 23.2 Å². The minimum Gasteiger partial charge on any atom is -0.520 e. The summed E-state index contributed by atoms with van der Waals surface area (Å²) >= 11 is 0. The number of rotatable bonds is 8. The highest BCUT2D eigenvalue weighted by Crippen LogP contribution is 2.21. The van der Waals surface area contributed by atoms with Crippen molar-refractivity contribution in [2.24, 2.45) is 0 Å². The van der Waals surface area contributed by atoms with Gasteiger partial charge in [-0.15, -0.1) is 0 Å². The molecule has 146 valence electrons. The van der Waals surface area contributed by atoms with Crippen molar-refractivity contribution >= 4 is 42.7 Å². The summed E-state index contributed by atoms with van der Waals surface area (Å²) < 4.78 is 12.8. The summed E-state index contributed by atoms with van der Waals surface area (Å²) in [5.74, 6) is -0.878. The highest BCUT2D eigenvalue weighted by atomic mass is 28.4. The normalized spacial score (nSPS) is 13.8. The minimum absolute atomic E-state index is 0.101. The molecule has 1 atom stereocenters. The maximum atomic E-state index is 12.7. The zero-order valence-electron chi connectivity index (χ0n) is 17.5. The molecule has 0 rings (SSSR count). The molecule has 1 amide bonds. The van der Waals surface area contributed by atoms with Gasteiger partial charge in [0.05, 0.1) is 0 Å². The molecule has 0 bridgehead atoms. The van der Waals surface area contributed by atoms with E-state index in [2.05, 4.69) is 0 Å². The lowest BCUT2D eigenvalue weighted by molar-refractivity contribution is -0.145. The van der Waals surface area contributed by atoms with Crippen molar-refractivity contribution in [2.75, 3.05) is 0 Å². The van der Waals surface area contributed by atoms with Crippen LogP contribution >= 0.6 is 0 Å². The summed E-state index contributed by atoms with van der Waals surface area (Å²) in [7, 11) is -6.19. The number of carbonyl (C=O) groups excluding carboxylic acids is 3. The highest BCUT2D eigenvalue weighted by Gasteiger charge is 2.39. The molecular weight excluding hydrogens is 370 g/mol. The topological polar surface area (TPSA) is 72.9 Å². The predicted molar refractivity (Wildman–Crippen MR) is 108 cm³/mol. The summed E-state index contributed by atoms with van der Waals surface area (Å²) in [4.78, 5) is 37.1. The third-order valence-corrected chi connectivity index (χ3v) is 6.82. The van der Waals surface area contributed by atoms with Crippen molar-refractivity contribution in [3.63, 3.8) is 0 Å². The van der Waals surface area contributed by atoms with E-state index in [1.54, 1.807) is 4.57 Å². The molecule has 6 nitrogen and oxygen atoms in total. The van der Waals surface area contributed by atoms with Crippen molar-refractivity contribution < 1.29 is 23.2 Å². The van der Waals surface area contributed by atoms with E-state index in [4.69, 9.17) is 8.85 Å². The Morgan fingerprint density at radius 1 is 0.840 bits per heavy atom. The Kier molecular flexibility index (Phi) is 8.31. The van der Waals surface area contributed by atoms with Gasteiger partial charge in [0.25, 0.3) is 5.97 Å². The summed E-state index contributed by atoms with van der Waals surface area (Å²) in [6, 6.07) is -0.731. The molecule has 0 spiro atoms. The number of nitrogens with zero attached hydrogens (tertiary/aromatic N) is 1. The average molecular weight is 406 g/mol. The molecule has 0 aromatic rings. The number of hydrogen-bond donors (Lipinski definition) is 0. The minimum atomic E-state index is -2.11.